The first-order chi connectivity index (χ1) is 8.56. The third-order valence-electron chi connectivity index (χ3n) is 3.44. The number of carboxylic acid groups (broad SMARTS) is 1. The Labute approximate surface area is 112 Å². The lowest BCUT2D eigenvalue weighted by Crippen LogP contribution is -2.15. The summed E-state index contributed by atoms with van der Waals surface area (Å²) in [4.78, 5) is 11.8. The van der Waals surface area contributed by atoms with Gasteiger partial charge in [-0.15, -0.1) is 11.8 Å². The molecule has 1 aliphatic carbocycles. The summed E-state index contributed by atoms with van der Waals surface area (Å²) in [6.07, 6.45) is 5.07. The summed E-state index contributed by atoms with van der Waals surface area (Å²) in [5, 5.41) is 9.51. The molecule has 3 N–H and O–H groups in total. The second kappa shape index (κ2) is 5.65. The maximum absolute atomic E-state index is 10.8. The molecule has 0 spiro atoms. The van der Waals surface area contributed by atoms with Crippen molar-refractivity contribution >= 4 is 23.4 Å². The lowest BCUT2D eigenvalue weighted by molar-refractivity contribution is 0.0697. The van der Waals surface area contributed by atoms with E-state index < -0.39 is 5.97 Å². The Kier molecular flexibility index (Phi) is 4.17. The predicted molar refractivity (Wildman–Crippen MR) is 75.1 cm³/mol. The zero-order valence-electron chi connectivity index (χ0n) is 10.6. The van der Waals surface area contributed by atoms with Gasteiger partial charge in [0.2, 0.25) is 0 Å². The average Bonchev–Trinajstić information content (AvgIpc) is 2.31. The van der Waals surface area contributed by atoms with Crippen LogP contribution < -0.4 is 5.73 Å². The minimum atomic E-state index is -0.926. The lowest BCUT2D eigenvalue weighted by atomic mass is 9.91. The lowest BCUT2D eigenvalue weighted by Gasteiger charge is -2.26. The van der Waals surface area contributed by atoms with Crippen LogP contribution >= 0.6 is 11.8 Å². The Balaban J connectivity index is 2.07. The van der Waals surface area contributed by atoms with Crippen molar-refractivity contribution in [2.45, 2.75) is 42.8 Å². The molecule has 0 bridgehead atoms. The largest absolute Gasteiger partial charge is 0.478 e. The summed E-state index contributed by atoms with van der Waals surface area (Å²) in [5.74, 6) is -0.139. The molecule has 2 atom stereocenters. The first-order valence-corrected chi connectivity index (χ1v) is 7.23. The highest BCUT2D eigenvalue weighted by Crippen LogP contribution is 2.38. The number of hydrogen-bond donors (Lipinski definition) is 2. The molecular weight excluding hydrogens is 246 g/mol. The molecule has 98 valence electrons. The van der Waals surface area contributed by atoms with Crippen molar-refractivity contribution in [1.29, 1.82) is 0 Å². The van der Waals surface area contributed by atoms with Crippen molar-refractivity contribution in [3.63, 3.8) is 0 Å². The van der Waals surface area contributed by atoms with E-state index in [0.29, 0.717) is 10.9 Å². The van der Waals surface area contributed by atoms with Crippen LogP contribution in [-0.4, -0.2) is 16.3 Å². The molecule has 2 rings (SSSR count). The highest BCUT2D eigenvalue weighted by Gasteiger charge is 2.20. The molecule has 0 radical (unpaired) electrons. The van der Waals surface area contributed by atoms with E-state index in [1.165, 1.54) is 25.7 Å². The van der Waals surface area contributed by atoms with Crippen LogP contribution in [0.15, 0.2) is 23.1 Å². The van der Waals surface area contributed by atoms with E-state index >= 15 is 0 Å². The van der Waals surface area contributed by atoms with E-state index in [0.717, 1.165) is 10.8 Å². The van der Waals surface area contributed by atoms with Crippen molar-refractivity contribution in [2.24, 2.45) is 5.92 Å². The number of hydrogen-bond acceptors (Lipinski definition) is 3. The van der Waals surface area contributed by atoms with E-state index in [1.807, 2.05) is 6.07 Å². The number of carbonyl (C=O) groups is 1. The van der Waals surface area contributed by atoms with Gasteiger partial charge in [0, 0.05) is 15.8 Å². The van der Waals surface area contributed by atoms with Crippen LogP contribution in [0.25, 0.3) is 0 Å². The minimum absolute atomic E-state index is 0.258. The van der Waals surface area contributed by atoms with Crippen LogP contribution in [0.2, 0.25) is 0 Å². The van der Waals surface area contributed by atoms with Gasteiger partial charge < -0.3 is 10.8 Å². The monoisotopic (exact) mass is 265 g/mol. The van der Waals surface area contributed by atoms with Gasteiger partial charge in [0.25, 0.3) is 0 Å². The molecule has 0 heterocycles. The van der Waals surface area contributed by atoms with Crippen molar-refractivity contribution in [3.05, 3.63) is 23.8 Å². The van der Waals surface area contributed by atoms with Gasteiger partial charge in [-0.25, -0.2) is 4.79 Å². The molecule has 2 unspecified atom stereocenters. The van der Waals surface area contributed by atoms with Crippen LogP contribution in [0, 0.1) is 5.92 Å². The molecule has 1 aliphatic rings. The van der Waals surface area contributed by atoms with E-state index in [2.05, 4.69) is 6.92 Å². The predicted octanol–water partition coefficient (Wildman–Crippen LogP) is 3.64. The smallest absolute Gasteiger partial charge is 0.335 e. The molecular formula is C14H19NO2S. The van der Waals surface area contributed by atoms with Gasteiger partial charge in [-0.1, -0.05) is 19.8 Å². The highest BCUT2D eigenvalue weighted by atomic mass is 32.2. The number of nitrogen functional groups attached to an aromatic ring is 1. The fourth-order valence-electron chi connectivity index (χ4n) is 2.45. The van der Waals surface area contributed by atoms with E-state index in [-0.39, 0.29) is 5.56 Å². The fraction of sp³-hybridized carbons (Fsp3) is 0.500. The normalized spacial score (nSPS) is 23.8. The Morgan fingerprint density at radius 2 is 2.22 bits per heavy atom. The Bertz CT molecular complexity index is 447. The first kappa shape index (κ1) is 13.3. The SMILES string of the molecule is CC1CCCC(Sc2ccc(C(=O)O)cc2N)C1. The first-order valence-electron chi connectivity index (χ1n) is 6.35. The number of benzene rings is 1. The number of thioether (sulfide) groups is 1. The summed E-state index contributed by atoms with van der Waals surface area (Å²) >= 11 is 1.80. The Hall–Kier alpha value is -1.16. The maximum Gasteiger partial charge on any atom is 0.335 e. The number of rotatable bonds is 3. The minimum Gasteiger partial charge on any atom is -0.478 e. The molecule has 1 aromatic carbocycles. The summed E-state index contributed by atoms with van der Waals surface area (Å²) in [6, 6.07) is 5.02. The second-order valence-electron chi connectivity index (χ2n) is 5.07. The quantitative estimate of drug-likeness (QED) is 0.819. The number of anilines is 1. The molecule has 3 nitrogen and oxygen atoms in total. The van der Waals surface area contributed by atoms with Gasteiger partial charge in [0.15, 0.2) is 0 Å². The van der Waals surface area contributed by atoms with E-state index in [4.69, 9.17) is 10.8 Å². The maximum atomic E-state index is 10.8. The van der Waals surface area contributed by atoms with E-state index in [1.54, 1.807) is 23.9 Å². The molecule has 0 amide bonds. The molecule has 1 fully saturated rings. The zero-order valence-corrected chi connectivity index (χ0v) is 11.4. The van der Waals surface area contributed by atoms with Crippen molar-refractivity contribution < 1.29 is 9.90 Å². The standard InChI is InChI=1S/C14H19NO2S/c1-9-3-2-4-11(7-9)18-13-6-5-10(14(16)17)8-12(13)15/h5-6,8-9,11H,2-4,7,15H2,1H3,(H,16,17). The van der Waals surface area contributed by atoms with Crippen LogP contribution in [0.4, 0.5) is 5.69 Å². The highest BCUT2D eigenvalue weighted by molar-refractivity contribution is 8.00. The molecule has 0 aliphatic heterocycles. The summed E-state index contributed by atoms with van der Waals surface area (Å²) in [7, 11) is 0. The number of nitrogens with two attached hydrogens (primary N) is 1. The van der Waals surface area contributed by atoms with Gasteiger partial charge in [-0.05, 0) is 37.0 Å². The molecule has 1 aromatic rings. The van der Waals surface area contributed by atoms with Gasteiger partial charge in [0.05, 0.1) is 5.56 Å². The topological polar surface area (TPSA) is 63.3 Å². The molecule has 18 heavy (non-hydrogen) atoms. The van der Waals surface area contributed by atoms with Crippen LogP contribution in [0.1, 0.15) is 43.0 Å². The van der Waals surface area contributed by atoms with E-state index in [9.17, 15) is 4.79 Å². The van der Waals surface area contributed by atoms with Crippen molar-refractivity contribution in [1.82, 2.24) is 0 Å². The van der Waals surface area contributed by atoms with Crippen molar-refractivity contribution in [2.75, 3.05) is 5.73 Å². The molecule has 4 heteroatoms. The summed E-state index contributed by atoms with van der Waals surface area (Å²) in [6.45, 7) is 2.30. The number of aromatic carboxylic acids is 1. The van der Waals surface area contributed by atoms with Crippen LogP contribution in [0.3, 0.4) is 0 Å². The van der Waals surface area contributed by atoms with Gasteiger partial charge >= 0.3 is 5.97 Å². The summed E-state index contributed by atoms with van der Waals surface area (Å²) in [5.41, 5.74) is 6.77. The third kappa shape index (κ3) is 3.19. The zero-order chi connectivity index (χ0) is 13.1. The van der Waals surface area contributed by atoms with Crippen LogP contribution in [-0.2, 0) is 0 Å². The van der Waals surface area contributed by atoms with Gasteiger partial charge in [-0.3, -0.25) is 0 Å². The summed E-state index contributed by atoms with van der Waals surface area (Å²) < 4.78 is 0. The molecule has 0 aromatic heterocycles. The molecule has 0 saturated heterocycles. The third-order valence-corrected chi connectivity index (χ3v) is 4.83. The van der Waals surface area contributed by atoms with Gasteiger partial charge in [-0.2, -0.15) is 0 Å². The second-order valence-corrected chi connectivity index (χ2v) is 6.41. The van der Waals surface area contributed by atoms with Crippen LogP contribution in [0.5, 0.6) is 0 Å². The number of carboxylic acids is 1. The Morgan fingerprint density at radius 3 is 2.83 bits per heavy atom. The Morgan fingerprint density at radius 1 is 1.44 bits per heavy atom. The average molecular weight is 265 g/mol. The van der Waals surface area contributed by atoms with Crippen molar-refractivity contribution in [3.8, 4) is 0 Å². The molecule has 1 saturated carbocycles. The van der Waals surface area contributed by atoms with Gasteiger partial charge in [0.1, 0.15) is 0 Å². The fourth-order valence-corrected chi connectivity index (χ4v) is 3.86.